The second kappa shape index (κ2) is 7.24. The van der Waals surface area contributed by atoms with Crippen molar-refractivity contribution < 1.29 is 22.3 Å². The van der Waals surface area contributed by atoms with Crippen LogP contribution >= 0.6 is 0 Å². The number of benzene rings is 2. The van der Waals surface area contributed by atoms with E-state index in [2.05, 4.69) is 5.32 Å². The predicted octanol–water partition coefficient (Wildman–Crippen LogP) is 2.13. The van der Waals surface area contributed by atoms with Gasteiger partial charge in [-0.2, -0.15) is 0 Å². The number of hydrogen-bond donors (Lipinski definition) is 2. The smallest absolute Gasteiger partial charge is 0.248 e. The third-order valence-corrected chi connectivity index (χ3v) is 3.98. The molecule has 0 aliphatic carbocycles. The maximum atomic E-state index is 13.5. The molecule has 6 nitrogen and oxygen atoms in total. The van der Waals surface area contributed by atoms with Crippen LogP contribution in [0, 0.1) is 5.82 Å². The van der Waals surface area contributed by atoms with Crippen LogP contribution in [-0.4, -0.2) is 21.4 Å². The van der Waals surface area contributed by atoms with Crippen LogP contribution in [0.25, 0.3) is 6.08 Å². The molecule has 0 radical (unpaired) electrons. The fraction of sp³-hybridized carbons (Fsp3) is 0.0625. The molecule has 0 spiro atoms. The molecular weight excluding hydrogens is 335 g/mol. The average molecular weight is 350 g/mol. The SMILES string of the molecule is COc1ccc(/C=C/C(=O)Nc2ccc(S(N)(=O)=O)cc2)cc1F. The first-order chi connectivity index (χ1) is 11.3. The van der Waals surface area contributed by atoms with Crippen LogP contribution in [-0.2, 0) is 14.8 Å². The number of primary sulfonamides is 1. The lowest BCUT2D eigenvalue weighted by Crippen LogP contribution is -2.12. The number of nitrogens with one attached hydrogen (secondary N) is 1. The number of amides is 1. The number of hydrogen-bond acceptors (Lipinski definition) is 4. The van der Waals surface area contributed by atoms with Crippen molar-refractivity contribution in [3.8, 4) is 5.75 Å². The van der Waals surface area contributed by atoms with Crippen molar-refractivity contribution >= 4 is 27.7 Å². The normalized spacial score (nSPS) is 11.5. The van der Waals surface area contributed by atoms with E-state index in [1.807, 2.05) is 0 Å². The van der Waals surface area contributed by atoms with Gasteiger partial charge in [-0.3, -0.25) is 4.79 Å². The van der Waals surface area contributed by atoms with Gasteiger partial charge < -0.3 is 10.1 Å². The van der Waals surface area contributed by atoms with Gasteiger partial charge in [-0.25, -0.2) is 17.9 Å². The van der Waals surface area contributed by atoms with Gasteiger partial charge in [0, 0.05) is 11.8 Å². The van der Waals surface area contributed by atoms with E-state index in [1.54, 1.807) is 6.07 Å². The number of carbonyl (C=O) groups is 1. The standard InChI is InChI=1S/C16H15FN2O4S/c1-23-15-8-2-11(10-14(15)17)3-9-16(20)19-12-4-6-13(7-5-12)24(18,21)22/h2-10H,1H3,(H,19,20)(H2,18,21,22)/b9-3+. The number of nitrogens with two attached hydrogens (primary N) is 1. The summed E-state index contributed by atoms with van der Waals surface area (Å²) >= 11 is 0. The van der Waals surface area contributed by atoms with E-state index < -0.39 is 21.7 Å². The molecule has 8 heteroatoms. The zero-order valence-corrected chi connectivity index (χ0v) is 13.5. The molecule has 126 valence electrons. The Kier molecular flexibility index (Phi) is 5.32. The molecular formula is C16H15FN2O4S. The summed E-state index contributed by atoms with van der Waals surface area (Å²) in [5.74, 6) is -0.861. The van der Waals surface area contributed by atoms with Crippen molar-refractivity contribution in [3.63, 3.8) is 0 Å². The van der Waals surface area contributed by atoms with Crippen LogP contribution in [0.15, 0.2) is 53.4 Å². The first kappa shape index (κ1) is 17.6. The summed E-state index contributed by atoms with van der Waals surface area (Å²) in [7, 11) is -2.41. The van der Waals surface area contributed by atoms with Gasteiger partial charge in [0.15, 0.2) is 11.6 Å². The molecule has 2 aromatic rings. The maximum absolute atomic E-state index is 13.5. The third kappa shape index (κ3) is 4.64. The summed E-state index contributed by atoms with van der Waals surface area (Å²) in [6.45, 7) is 0. The van der Waals surface area contributed by atoms with Crippen molar-refractivity contribution in [1.29, 1.82) is 0 Å². The van der Waals surface area contributed by atoms with Crippen molar-refractivity contribution in [1.82, 2.24) is 0 Å². The molecule has 1 amide bonds. The molecule has 2 aromatic carbocycles. The van der Waals surface area contributed by atoms with Crippen LogP contribution in [0.4, 0.5) is 10.1 Å². The number of rotatable bonds is 5. The van der Waals surface area contributed by atoms with E-state index in [4.69, 9.17) is 9.88 Å². The summed E-state index contributed by atoms with van der Waals surface area (Å²) in [5.41, 5.74) is 0.894. The molecule has 0 saturated heterocycles. The van der Waals surface area contributed by atoms with Gasteiger partial charge in [0.1, 0.15) is 0 Å². The molecule has 0 aliphatic rings. The van der Waals surface area contributed by atoms with Gasteiger partial charge in [-0.05, 0) is 48.0 Å². The van der Waals surface area contributed by atoms with Crippen LogP contribution in [0.5, 0.6) is 5.75 Å². The van der Waals surface area contributed by atoms with Crippen molar-refractivity contribution in [2.24, 2.45) is 5.14 Å². The average Bonchev–Trinajstić information content (AvgIpc) is 2.53. The lowest BCUT2D eigenvalue weighted by atomic mass is 10.2. The first-order valence-corrected chi connectivity index (χ1v) is 8.30. The predicted molar refractivity (Wildman–Crippen MR) is 88.4 cm³/mol. The number of halogens is 1. The molecule has 2 rings (SSSR count). The summed E-state index contributed by atoms with van der Waals surface area (Å²) in [4.78, 5) is 11.8. The number of sulfonamides is 1. The Bertz CT molecular complexity index is 877. The van der Waals surface area contributed by atoms with Crippen LogP contribution < -0.4 is 15.2 Å². The first-order valence-electron chi connectivity index (χ1n) is 6.75. The fourth-order valence-corrected chi connectivity index (χ4v) is 2.39. The molecule has 0 atom stereocenters. The van der Waals surface area contributed by atoms with Gasteiger partial charge in [-0.1, -0.05) is 6.07 Å². The monoisotopic (exact) mass is 350 g/mol. The minimum absolute atomic E-state index is 0.0512. The maximum Gasteiger partial charge on any atom is 0.248 e. The topological polar surface area (TPSA) is 98.5 Å². The van der Waals surface area contributed by atoms with Gasteiger partial charge in [-0.15, -0.1) is 0 Å². The Balaban J connectivity index is 2.04. The Morgan fingerprint density at radius 1 is 1.21 bits per heavy atom. The molecule has 0 saturated carbocycles. The lowest BCUT2D eigenvalue weighted by molar-refractivity contribution is -0.111. The summed E-state index contributed by atoms with van der Waals surface area (Å²) in [6.07, 6.45) is 2.67. The van der Waals surface area contributed by atoms with E-state index in [9.17, 15) is 17.6 Å². The molecule has 0 aromatic heterocycles. The van der Waals surface area contributed by atoms with Gasteiger partial charge >= 0.3 is 0 Å². The zero-order chi connectivity index (χ0) is 17.7. The summed E-state index contributed by atoms with van der Waals surface area (Å²) < 4.78 is 40.6. The number of carbonyl (C=O) groups excluding carboxylic acids is 1. The van der Waals surface area contributed by atoms with Crippen molar-refractivity contribution in [2.45, 2.75) is 4.90 Å². The van der Waals surface area contributed by atoms with Gasteiger partial charge in [0.2, 0.25) is 15.9 Å². The highest BCUT2D eigenvalue weighted by molar-refractivity contribution is 7.89. The Hall–Kier alpha value is -2.71. The Morgan fingerprint density at radius 2 is 1.88 bits per heavy atom. The van der Waals surface area contributed by atoms with Crippen LogP contribution in [0.1, 0.15) is 5.56 Å². The van der Waals surface area contributed by atoms with Crippen molar-refractivity contribution in [2.75, 3.05) is 12.4 Å². The summed E-state index contributed by atoms with van der Waals surface area (Å²) in [6, 6.07) is 9.70. The van der Waals surface area contributed by atoms with Crippen LogP contribution in [0.2, 0.25) is 0 Å². The number of ether oxygens (including phenoxy) is 1. The highest BCUT2D eigenvalue weighted by atomic mass is 32.2. The molecule has 0 bridgehead atoms. The number of anilines is 1. The molecule has 0 fully saturated rings. The third-order valence-electron chi connectivity index (χ3n) is 3.05. The second-order valence-electron chi connectivity index (χ2n) is 4.79. The van der Waals surface area contributed by atoms with Gasteiger partial charge in [0.25, 0.3) is 0 Å². The van der Waals surface area contributed by atoms with E-state index in [0.29, 0.717) is 11.3 Å². The molecule has 0 unspecified atom stereocenters. The van der Waals surface area contributed by atoms with E-state index in [1.165, 1.54) is 55.7 Å². The molecule has 0 aliphatic heterocycles. The zero-order valence-electron chi connectivity index (χ0n) is 12.7. The summed E-state index contributed by atoms with van der Waals surface area (Å²) in [5, 5.41) is 7.54. The minimum Gasteiger partial charge on any atom is -0.494 e. The highest BCUT2D eigenvalue weighted by Crippen LogP contribution is 2.18. The molecule has 24 heavy (non-hydrogen) atoms. The van der Waals surface area contributed by atoms with E-state index in [0.717, 1.165) is 0 Å². The van der Waals surface area contributed by atoms with Crippen molar-refractivity contribution in [3.05, 3.63) is 59.9 Å². The second-order valence-corrected chi connectivity index (χ2v) is 6.35. The minimum atomic E-state index is -3.78. The lowest BCUT2D eigenvalue weighted by Gasteiger charge is -2.04. The van der Waals surface area contributed by atoms with E-state index in [-0.39, 0.29) is 10.6 Å². The largest absolute Gasteiger partial charge is 0.494 e. The molecule has 0 heterocycles. The quantitative estimate of drug-likeness (QED) is 0.807. The highest BCUT2D eigenvalue weighted by Gasteiger charge is 2.07. The Morgan fingerprint density at radius 3 is 2.42 bits per heavy atom. The molecule has 3 N–H and O–H groups in total. The Labute approximate surface area is 138 Å². The number of methoxy groups -OCH3 is 1. The fourth-order valence-electron chi connectivity index (χ4n) is 1.87. The van der Waals surface area contributed by atoms with Gasteiger partial charge in [0.05, 0.1) is 12.0 Å². The van der Waals surface area contributed by atoms with E-state index >= 15 is 0 Å². The van der Waals surface area contributed by atoms with Crippen LogP contribution in [0.3, 0.4) is 0 Å².